The SMILES string of the molecule is Cc1cc(=O)n2ncnc2n1C[C@H](O)COCc1ccccc1F. The summed E-state index contributed by atoms with van der Waals surface area (Å²) in [7, 11) is 0. The number of aliphatic hydroxyl groups is 1. The number of nitrogens with zero attached hydrogens (tertiary/aromatic N) is 4. The first-order valence-electron chi connectivity index (χ1n) is 7.45. The molecule has 0 saturated carbocycles. The van der Waals surface area contributed by atoms with Crippen molar-refractivity contribution in [2.45, 2.75) is 26.2 Å². The van der Waals surface area contributed by atoms with Gasteiger partial charge in [-0.15, -0.1) is 0 Å². The number of ether oxygens (including phenoxy) is 1. The number of aryl methyl sites for hydroxylation is 1. The van der Waals surface area contributed by atoms with E-state index in [9.17, 15) is 14.3 Å². The van der Waals surface area contributed by atoms with Gasteiger partial charge in [-0.25, -0.2) is 4.39 Å². The molecule has 8 heteroatoms. The minimum Gasteiger partial charge on any atom is -0.389 e. The molecule has 0 radical (unpaired) electrons. The summed E-state index contributed by atoms with van der Waals surface area (Å²) in [6, 6.07) is 7.75. The van der Waals surface area contributed by atoms with Crippen molar-refractivity contribution in [1.82, 2.24) is 19.2 Å². The van der Waals surface area contributed by atoms with Gasteiger partial charge in [0, 0.05) is 17.3 Å². The van der Waals surface area contributed by atoms with Crippen LogP contribution >= 0.6 is 0 Å². The first-order valence-corrected chi connectivity index (χ1v) is 7.45. The first-order chi connectivity index (χ1) is 11.6. The Labute approximate surface area is 137 Å². The fraction of sp³-hybridized carbons (Fsp3) is 0.312. The number of aliphatic hydroxyl groups excluding tert-OH is 1. The smallest absolute Gasteiger partial charge is 0.275 e. The maximum absolute atomic E-state index is 13.5. The van der Waals surface area contributed by atoms with Crippen LogP contribution in [0.4, 0.5) is 4.39 Å². The molecule has 0 aliphatic carbocycles. The molecule has 0 spiro atoms. The maximum atomic E-state index is 13.5. The summed E-state index contributed by atoms with van der Waals surface area (Å²) in [6.45, 7) is 2.04. The van der Waals surface area contributed by atoms with Crippen molar-refractivity contribution < 1.29 is 14.2 Å². The summed E-state index contributed by atoms with van der Waals surface area (Å²) >= 11 is 0. The van der Waals surface area contributed by atoms with Gasteiger partial charge >= 0.3 is 0 Å². The Morgan fingerprint density at radius 3 is 2.96 bits per heavy atom. The van der Waals surface area contributed by atoms with Crippen molar-refractivity contribution in [3.8, 4) is 0 Å². The van der Waals surface area contributed by atoms with Crippen LogP contribution in [0, 0.1) is 12.7 Å². The Bertz CT molecular complexity index is 906. The van der Waals surface area contributed by atoms with E-state index in [-0.39, 0.29) is 31.1 Å². The lowest BCUT2D eigenvalue weighted by molar-refractivity contribution is 0.0195. The van der Waals surface area contributed by atoms with Crippen molar-refractivity contribution in [3.63, 3.8) is 0 Å². The maximum Gasteiger partial charge on any atom is 0.275 e. The van der Waals surface area contributed by atoms with E-state index in [4.69, 9.17) is 4.74 Å². The number of halogens is 1. The minimum absolute atomic E-state index is 0.0280. The second-order valence-corrected chi connectivity index (χ2v) is 5.47. The highest BCUT2D eigenvalue weighted by atomic mass is 19.1. The van der Waals surface area contributed by atoms with E-state index in [1.165, 1.54) is 23.0 Å². The number of hydrogen-bond acceptors (Lipinski definition) is 5. The summed E-state index contributed by atoms with van der Waals surface area (Å²) in [5.41, 5.74) is 0.819. The van der Waals surface area contributed by atoms with E-state index < -0.39 is 6.10 Å². The number of benzene rings is 1. The third-order valence-corrected chi connectivity index (χ3v) is 3.66. The molecule has 0 saturated heterocycles. The lowest BCUT2D eigenvalue weighted by atomic mass is 10.2. The monoisotopic (exact) mass is 332 g/mol. The molecule has 2 heterocycles. The molecule has 1 aromatic carbocycles. The van der Waals surface area contributed by atoms with E-state index in [0.717, 1.165) is 0 Å². The number of aromatic nitrogens is 4. The van der Waals surface area contributed by atoms with Crippen molar-refractivity contribution in [3.05, 3.63) is 64.1 Å². The zero-order valence-corrected chi connectivity index (χ0v) is 13.1. The molecular formula is C16H17FN4O3. The normalized spacial score (nSPS) is 12.6. The van der Waals surface area contributed by atoms with Crippen LogP contribution in [0.1, 0.15) is 11.3 Å². The molecule has 0 fully saturated rings. The molecule has 1 N–H and O–H groups in total. The van der Waals surface area contributed by atoms with Crippen LogP contribution in [-0.4, -0.2) is 37.0 Å². The van der Waals surface area contributed by atoms with Crippen molar-refractivity contribution in [2.24, 2.45) is 0 Å². The predicted octanol–water partition coefficient (Wildman–Crippen LogP) is 0.916. The number of fused-ring (bicyclic) bond motifs is 1. The molecule has 7 nitrogen and oxygen atoms in total. The average molecular weight is 332 g/mol. The molecule has 1 atom stereocenters. The Morgan fingerprint density at radius 1 is 1.38 bits per heavy atom. The Balaban J connectivity index is 1.65. The van der Waals surface area contributed by atoms with Gasteiger partial charge in [0.1, 0.15) is 12.1 Å². The standard InChI is InChI=1S/C16H17FN4O3/c1-11-6-15(23)21-16(18-10-19-21)20(11)7-13(22)9-24-8-12-4-2-3-5-14(12)17/h2-6,10,13,22H,7-9H2,1H3/t13-/m0/s1. The summed E-state index contributed by atoms with van der Waals surface area (Å²) in [4.78, 5) is 15.8. The van der Waals surface area contributed by atoms with Crippen LogP contribution in [0.3, 0.4) is 0 Å². The Hall–Kier alpha value is -2.58. The molecule has 2 aromatic heterocycles. The van der Waals surface area contributed by atoms with Crippen LogP contribution in [-0.2, 0) is 17.9 Å². The van der Waals surface area contributed by atoms with E-state index in [2.05, 4.69) is 10.1 Å². The molecule has 0 aliphatic heterocycles. The van der Waals surface area contributed by atoms with Gasteiger partial charge in [0.2, 0.25) is 5.78 Å². The molecule has 0 aliphatic rings. The highest BCUT2D eigenvalue weighted by Crippen LogP contribution is 2.09. The van der Waals surface area contributed by atoms with E-state index >= 15 is 0 Å². The molecule has 24 heavy (non-hydrogen) atoms. The zero-order chi connectivity index (χ0) is 17.1. The highest BCUT2D eigenvalue weighted by Gasteiger charge is 2.13. The largest absolute Gasteiger partial charge is 0.389 e. The van der Waals surface area contributed by atoms with Gasteiger partial charge in [-0.2, -0.15) is 14.6 Å². The third kappa shape index (κ3) is 3.34. The fourth-order valence-electron chi connectivity index (χ4n) is 2.46. The zero-order valence-electron chi connectivity index (χ0n) is 13.1. The third-order valence-electron chi connectivity index (χ3n) is 3.66. The second kappa shape index (κ2) is 6.90. The van der Waals surface area contributed by atoms with Gasteiger partial charge in [-0.1, -0.05) is 18.2 Å². The predicted molar refractivity (Wildman–Crippen MR) is 84.0 cm³/mol. The topological polar surface area (TPSA) is 81.7 Å². The lowest BCUT2D eigenvalue weighted by Crippen LogP contribution is -2.27. The van der Waals surface area contributed by atoms with E-state index in [1.54, 1.807) is 29.7 Å². The Morgan fingerprint density at radius 2 is 2.17 bits per heavy atom. The van der Waals surface area contributed by atoms with Gasteiger partial charge in [0.05, 0.1) is 25.9 Å². The molecule has 3 rings (SSSR count). The van der Waals surface area contributed by atoms with Crippen LogP contribution in [0.2, 0.25) is 0 Å². The van der Waals surface area contributed by atoms with Crippen molar-refractivity contribution in [1.29, 1.82) is 0 Å². The Kier molecular flexibility index (Phi) is 4.68. The molecule has 0 bridgehead atoms. The fourth-order valence-corrected chi connectivity index (χ4v) is 2.46. The summed E-state index contributed by atoms with van der Waals surface area (Å²) in [5, 5.41) is 14.0. The van der Waals surface area contributed by atoms with Crippen LogP contribution in [0.5, 0.6) is 0 Å². The highest BCUT2D eigenvalue weighted by molar-refractivity contribution is 5.29. The second-order valence-electron chi connectivity index (χ2n) is 5.47. The van der Waals surface area contributed by atoms with E-state index in [1.807, 2.05) is 0 Å². The van der Waals surface area contributed by atoms with Gasteiger partial charge < -0.3 is 14.4 Å². The average Bonchev–Trinajstić information content (AvgIpc) is 3.03. The van der Waals surface area contributed by atoms with Crippen molar-refractivity contribution >= 4 is 5.78 Å². The summed E-state index contributed by atoms with van der Waals surface area (Å²) in [6.07, 6.45) is 0.451. The molecule has 0 amide bonds. The molecule has 0 unspecified atom stereocenters. The van der Waals surface area contributed by atoms with Gasteiger partial charge in [0.15, 0.2) is 0 Å². The van der Waals surface area contributed by atoms with Crippen LogP contribution < -0.4 is 5.56 Å². The first kappa shape index (κ1) is 16.3. The van der Waals surface area contributed by atoms with Crippen LogP contribution in [0.25, 0.3) is 5.78 Å². The van der Waals surface area contributed by atoms with Gasteiger partial charge in [-0.05, 0) is 13.0 Å². The number of rotatable bonds is 6. The molecular weight excluding hydrogens is 315 g/mol. The molecule has 3 aromatic rings. The van der Waals surface area contributed by atoms with Crippen molar-refractivity contribution in [2.75, 3.05) is 6.61 Å². The quantitative estimate of drug-likeness (QED) is 0.726. The summed E-state index contributed by atoms with van der Waals surface area (Å²) in [5.74, 6) is 0.0153. The lowest BCUT2D eigenvalue weighted by Gasteiger charge is -2.16. The van der Waals surface area contributed by atoms with Gasteiger partial charge in [-0.3, -0.25) is 4.79 Å². The summed E-state index contributed by atoms with van der Waals surface area (Å²) < 4.78 is 21.7. The van der Waals surface area contributed by atoms with Crippen LogP contribution in [0.15, 0.2) is 41.5 Å². The number of hydrogen-bond donors (Lipinski definition) is 1. The molecule has 126 valence electrons. The van der Waals surface area contributed by atoms with Gasteiger partial charge in [0.25, 0.3) is 5.56 Å². The minimum atomic E-state index is -0.835. The van der Waals surface area contributed by atoms with E-state index in [0.29, 0.717) is 17.0 Å².